The number of benzene rings is 1. The van der Waals surface area contributed by atoms with Gasteiger partial charge in [-0.15, -0.1) is 11.3 Å². The second-order valence-electron chi connectivity index (χ2n) is 3.36. The smallest absolute Gasteiger partial charge is 0.266 e. The average molecular weight is 271 g/mol. The van der Waals surface area contributed by atoms with E-state index in [0.29, 0.717) is 0 Å². The molecule has 90 valence electrons. The number of anilines is 1. The van der Waals surface area contributed by atoms with E-state index >= 15 is 0 Å². The van der Waals surface area contributed by atoms with Gasteiger partial charge in [0.05, 0.1) is 5.69 Å². The van der Waals surface area contributed by atoms with E-state index < -0.39 is 15.8 Å². The minimum absolute atomic E-state index is 0.0425. The molecule has 0 N–H and O–H groups in total. The number of nitrogens with zero attached hydrogens (tertiary/aromatic N) is 1. The fourth-order valence-corrected chi connectivity index (χ4v) is 3.75. The highest BCUT2D eigenvalue weighted by molar-refractivity contribution is 7.94. The number of sulfonamides is 1. The Morgan fingerprint density at radius 2 is 1.88 bits per heavy atom. The van der Waals surface area contributed by atoms with Crippen molar-refractivity contribution in [3.05, 3.63) is 47.6 Å². The largest absolute Gasteiger partial charge is 0.273 e. The third-order valence-electron chi connectivity index (χ3n) is 2.30. The summed E-state index contributed by atoms with van der Waals surface area (Å²) in [5.41, 5.74) is 0.0425. The Bertz CT molecular complexity index is 608. The highest BCUT2D eigenvalue weighted by Crippen LogP contribution is 2.26. The third kappa shape index (κ3) is 2.18. The van der Waals surface area contributed by atoms with E-state index in [4.69, 9.17) is 0 Å². The normalized spacial score (nSPS) is 11.4. The van der Waals surface area contributed by atoms with Gasteiger partial charge in [0.25, 0.3) is 10.0 Å². The summed E-state index contributed by atoms with van der Waals surface area (Å²) in [6, 6.07) is 8.92. The van der Waals surface area contributed by atoms with Crippen LogP contribution in [0.2, 0.25) is 0 Å². The monoisotopic (exact) mass is 271 g/mol. The number of hydrogen-bond donors (Lipinski definition) is 0. The molecule has 0 aliphatic heterocycles. The maximum Gasteiger partial charge on any atom is 0.273 e. The molecule has 1 aromatic carbocycles. The lowest BCUT2D eigenvalue weighted by atomic mass is 10.3. The first-order valence-corrected chi connectivity index (χ1v) is 7.12. The Balaban J connectivity index is 2.46. The third-order valence-corrected chi connectivity index (χ3v) is 5.45. The van der Waals surface area contributed by atoms with Crippen molar-refractivity contribution in [3.8, 4) is 0 Å². The minimum Gasteiger partial charge on any atom is -0.266 e. The zero-order valence-corrected chi connectivity index (χ0v) is 10.6. The van der Waals surface area contributed by atoms with Crippen LogP contribution in [0.25, 0.3) is 0 Å². The van der Waals surface area contributed by atoms with Gasteiger partial charge in [-0.1, -0.05) is 18.2 Å². The van der Waals surface area contributed by atoms with Gasteiger partial charge in [0, 0.05) is 7.05 Å². The summed E-state index contributed by atoms with van der Waals surface area (Å²) in [5.74, 6) is -0.560. The minimum atomic E-state index is -3.66. The van der Waals surface area contributed by atoms with Crippen molar-refractivity contribution in [3.63, 3.8) is 0 Å². The lowest BCUT2D eigenvalue weighted by Gasteiger charge is -2.18. The molecule has 1 aromatic heterocycles. The Hall–Kier alpha value is -1.40. The fraction of sp³-hybridized carbons (Fsp3) is 0.0909. The number of rotatable bonds is 3. The number of para-hydroxylation sites is 1. The van der Waals surface area contributed by atoms with E-state index in [1.165, 1.54) is 31.3 Å². The molecule has 0 spiro atoms. The van der Waals surface area contributed by atoms with E-state index in [-0.39, 0.29) is 9.90 Å². The molecule has 0 atom stereocenters. The van der Waals surface area contributed by atoms with E-state index in [9.17, 15) is 12.8 Å². The summed E-state index contributed by atoms with van der Waals surface area (Å²) in [4.78, 5) is 0. The number of halogens is 1. The molecule has 6 heteroatoms. The van der Waals surface area contributed by atoms with Crippen LogP contribution in [0.1, 0.15) is 0 Å². The first kappa shape index (κ1) is 12.1. The van der Waals surface area contributed by atoms with Gasteiger partial charge < -0.3 is 0 Å². The molecule has 3 nitrogen and oxygen atoms in total. The molecule has 0 bridgehead atoms. The standard InChI is InChI=1S/C11H10FNO2S2/c1-13(10-6-3-2-5-9(10)12)17(14,15)11-7-4-8-16-11/h2-8H,1H3. The van der Waals surface area contributed by atoms with E-state index in [0.717, 1.165) is 15.6 Å². The van der Waals surface area contributed by atoms with Crippen molar-refractivity contribution in [2.24, 2.45) is 0 Å². The van der Waals surface area contributed by atoms with Gasteiger partial charge in [-0.05, 0) is 23.6 Å². The predicted molar refractivity (Wildman–Crippen MR) is 66.3 cm³/mol. The lowest BCUT2D eigenvalue weighted by Crippen LogP contribution is -2.26. The molecule has 0 saturated heterocycles. The van der Waals surface area contributed by atoms with Crippen LogP contribution < -0.4 is 4.31 Å². The van der Waals surface area contributed by atoms with Crippen LogP contribution in [0.3, 0.4) is 0 Å². The molecule has 2 aromatic rings. The van der Waals surface area contributed by atoms with Gasteiger partial charge in [-0.25, -0.2) is 12.8 Å². The molecular weight excluding hydrogens is 261 g/mol. The molecule has 0 aliphatic carbocycles. The molecule has 2 rings (SSSR count). The highest BCUT2D eigenvalue weighted by Gasteiger charge is 2.23. The van der Waals surface area contributed by atoms with Gasteiger partial charge >= 0.3 is 0 Å². The molecule has 1 heterocycles. The first-order chi connectivity index (χ1) is 8.03. The van der Waals surface area contributed by atoms with Gasteiger partial charge in [-0.3, -0.25) is 4.31 Å². The van der Waals surface area contributed by atoms with Crippen molar-refractivity contribution < 1.29 is 12.8 Å². The van der Waals surface area contributed by atoms with Crippen LogP contribution >= 0.6 is 11.3 Å². The molecule has 0 saturated carbocycles. The zero-order valence-electron chi connectivity index (χ0n) is 9.00. The molecule has 0 aliphatic rings. The molecule has 0 fully saturated rings. The summed E-state index contributed by atoms with van der Waals surface area (Å²) in [5, 5.41) is 1.67. The van der Waals surface area contributed by atoms with Crippen molar-refractivity contribution in [1.29, 1.82) is 0 Å². The predicted octanol–water partition coefficient (Wildman–Crippen LogP) is 2.71. The molecule has 0 unspecified atom stereocenters. The fourth-order valence-electron chi connectivity index (χ4n) is 1.38. The Kier molecular flexibility index (Phi) is 3.17. The molecule has 0 radical (unpaired) electrons. The quantitative estimate of drug-likeness (QED) is 0.860. The van der Waals surface area contributed by atoms with Gasteiger partial charge in [0.15, 0.2) is 0 Å². The van der Waals surface area contributed by atoms with Crippen molar-refractivity contribution in [2.45, 2.75) is 4.21 Å². The summed E-state index contributed by atoms with van der Waals surface area (Å²) in [6.45, 7) is 0. The first-order valence-electron chi connectivity index (χ1n) is 4.80. The van der Waals surface area contributed by atoms with Gasteiger partial charge in [0.1, 0.15) is 10.0 Å². The lowest BCUT2D eigenvalue weighted by molar-refractivity contribution is 0.591. The number of hydrogen-bond acceptors (Lipinski definition) is 3. The molecule has 0 amide bonds. The Morgan fingerprint density at radius 3 is 2.47 bits per heavy atom. The van der Waals surface area contributed by atoms with E-state index in [1.807, 2.05) is 0 Å². The van der Waals surface area contributed by atoms with Crippen molar-refractivity contribution >= 4 is 27.0 Å². The van der Waals surface area contributed by atoms with Crippen LogP contribution in [0.5, 0.6) is 0 Å². The summed E-state index contributed by atoms with van der Waals surface area (Å²) in [7, 11) is -2.32. The van der Waals surface area contributed by atoms with Gasteiger partial charge in [0.2, 0.25) is 0 Å². The Labute approximate surface area is 103 Å². The summed E-state index contributed by atoms with van der Waals surface area (Å²) in [6.07, 6.45) is 0. The summed E-state index contributed by atoms with van der Waals surface area (Å²) < 4.78 is 38.9. The number of thiophene rings is 1. The Morgan fingerprint density at radius 1 is 1.18 bits per heavy atom. The van der Waals surface area contributed by atoms with Crippen LogP contribution in [0.4, 0.5) is 10.1 Å². The molecule has 17 heavy (non-hydrogen) atoms. The maximum absolute atomic E-state index is 13.5. The van der Waals surface area contributed by atoms with E-state index in [1.54, 1.807) is 17.5 Å². The van der Waals surface area contributed by atoms with E-state index in [2.05, 4.69) is 0 Å². The van der Waals surface area contributed by atoms with Gasteiger partial charge in [-0.2, -0.15) is 0 Å². The topological polar surface area (TPSA) is 37.4 Å². The van der Waals surface area contributed by atoms with Crippen molar-refractivity contribution in [2.75, 3.05) is 11.4 Å². The highest BCUT2D eigenvalue weighted by atomic mass is 32.2. The maximum atomic E-state index is 13.5. The second-order valence-corrected chi connectivity index (χ2v) is 6.50. The van der Waals surface area contributed by atoms with Crippen LogP contribution in [-0.4, -0.2) is 15.5 Å². The van der Waals surface area contributed by atoms with Crippen molar-refractivity contribution in [1.82, 2.24) is 0 Å². The average Bonchev–Trinajstić information content (AvgIpc) is 2.83. The van der Waals surface area contributed by atoms with Crippen LogP contribution in [0, 0.1) is 5.82 Å². The summed E-state index contributed by atoms with van der Waals surface area (Å²) >= 11 is 1.11. The van der Waals surface area contributed by atoms with Crippen LogP contribution in [-0.2, 0) is 10.0 Å². The SMILES string of the molecule is CN(c1ccccc1F)S(=O)(=O)c1cccs1. The zero-order chi connectivity index (χ0) is 12.5. The molecular formula is C11H10FNO2S2. The second kappa shape index (κ2) is 4.46. The van der Waals surface area contributed by atoms with Crippen LogP contribution in [0.15, 0.2) is 46.0 Å².